The van der Waals surface area contributed by atoms with Gasteiger partial charge in [0, 0.05) is 35.7 Å². The molecular weight excluding hydrogens is 252 g/mol. The monoisotopic (exact) mass is 276 g/mol. The summed E-state index contributed by atoms with van der Waals surface area (Å²) < 4.78 is 0. The number of nitrogens with zero attached hydrogens (tertiary/aromatic N) is 2. The number of thioether (sulfide) groups is 1. The minimum atomic E-state index is 0.752. The summed E-state index contributed by atoms with van der Waals surface area (Å²) in [5, 5.41) is 0. The standard InChI is InChI=1S/C14H18N2S.C2H6/c1-15-6-5-12-11(9-15)10-3-2-4-13-14(10)16(12)7-8-17-13;1-2/h2-4,11-12H,5-9H2,1H3;1-2H3. The molecule has 0 aromatic heterocycles. The first-order chi connectivity index (χ1) is 9.34. The van der Waals surface area contributed by atoms with Gasteiger partial charge in [-0.1, -0.05) is 26.0 Å². The van der Waals surface area contributed by atoms with Crippen molar-refractivity contribution in [2.75, 3.05) is 37.3 Å². The lowest BCUT2D eigenvalue weighted by atomic mass is 9.89. The van der Waals surface area contributed by atoms with Crippen LogP contribution >= 0.6 is 11.8 Å². The predicted octanol–water partition coefficient (Wildman–Crippen LogP) is 3.43. The fourth-order valence-electron chi connectivity index (χ4n) is 3.74. The summed E-state index contributed by atoms with van der Waals surface area (Å²) in [5.74, 6) is 2.01. The first kappa shape index (κ1) is 13.3. The Morgan fingerprint density at radius 1 is 1.21 bits per heavy atom. The summed E-state index contributed by atoms with van der Waals surface area (Å²) in [5.41, 5.74) is 3.19. The molecule has 104 valence electrons. The van der Waals surface area contributed by atoms with Gasteiger partial charge in [-0.25, -0.2) is 0 Å². The van der Waals surface area contributed by atoms with Crippen LogP contribution in [0.2, 0.25) is 0 Å². The van der Waals surface area contributed by atoms with Crippen molar-refractivity contribution in [1.29, 1.82) is 0 Å². The number of likely N-dealkylation sites (tertiary alicyclic amines) is 1. The molecule has 2 atom stereocenters. The minimum Gasteiger partial charge on any atom is -0.366 e. The lowest BCUT2D eigenvalue weighted by Crippen LogP contribution is -2.46. The Balaban J connectivity index is 0.000000528. The van der Waals surface area contributed by atoms with Gasteiger partial charge in [-0.3, -0.25) is 0 Å². The maximum absolute atomic E-state index is 2.71. The number of benzene rings is 1. The van der Waals surface area contributed by atoms with Crippen molar-refractivity contribution in [2.45, 2.75) is 37.1 Å². The zero-order valence-corrected chi connectivity index (χ0v) is 13.0. The highest BCUT2D eigenvalue weighted by Gasteiger charge is 2.43. The molecular formula is C16H24N2S. The summed E-state index contributed by atoms with van der Waals surface area (Å²) >= 11 is 2.04. The summed E-state index contributed by atoms with van der Waals surface area (Å²) in [6.45, 7) is 7.75. The molecule has 0 amide bonds. The molecule has 0 N–H and O–H groups in total. The number of likely N-dealkylation sites (N-methyl/N-ethyl adjacent to an activating group) is 1. The summed E-state index contributed by atoms with van der Waals surface area (Å²) in [6.07, 6.45) is 1.33. The Morgan fingerprint density at radius 3 is 2.89 bits per heavy atom. The van der Waals surface area contributed by atoms with Gasteiger partial charge in [-0.15, -0.1) is 11.8 Å². The number of fused-ring (bicyclic) bond motifs is 3. The third-order valence-corrected chi connectivity index (χ3v) is 5.51. The van der Waals surface area contributed by atoms with E-state index in [1.165, 1.54) is 36.7 Å². The molecule has 0 spiro atoms. The van der Waals surface area contributed by atoms with Crippen LogP contribution in [0, 0.1) is 0 Å². The molecule has 3 aliphatic rings. The summed E-state index contributed by atoms with van der Waals surface area (Å²) in [4.78, 5) is 6.72. The lowest BCUT2D eigenvalue weighted by molar-refractivity contribution is 0.232. The van der Waals surface area contributed by atoms with Gasteiger partial charge in [0.1, 0.15) is 0 Å². The van der Waals surface area contributed by atoms with E-state index >= 15 is 0 Å². The van der Waals surface area contributed by atoms with Gasteiger partial charge in [0.25, 0.3) is 0 Å². The van der Waals surface area contributed by atoms with E-state index in [1.807, 2.05) is 25.6 Å². The third kappa shape index (κ3) is 2.07. The summed E-state index contributed by atoms with van der Waals surface area (Å²) in [6, 6.07) is 7.70. The Kier molecular flexibility index (Phi) is 3.77. The largest absolute Gasteiger partial charge is 0.366 e. The molecule has 2 nitrogen and oxygen atoms in total. The zero-order valence-electron chi connectivity index (χ0n) is 12.2. The Morgan fingerprint density at radius 2 is 2.05 bits per heavy atom. The number of piperidine rings is 1. The SMILES string of the molecule is CC.CN1CCC2C(C1)c1cccc3c1N2CCS3. The van der Waals surface area contributed by atoms with Gasteiger partial charge < -0.3 is 9.80 Å². The third-order valence-electron chi connectivity index (χ3n) is 4.49. The molecule has 3 heteroatoms. The maximum atomic E-state index is 2.71. The number of hydrogen-bond donors (Lipinski definition) is 0. The van der Waals surface area contributed by atoms with E-state index in [1.54, 1.807) is 11.3 Å². The highest BCUT2D eigenvalue weighted by Crippen LogP contribution is 2.50. The number of hydrogen-bond acceptors (Lipinski definition) is 3. The van der Waals surface area contributed by atoms with E-state index in [-0.39, 0.29) is 0 Å². The van der Waals surface area contributed by atoms with E-state index < -0.39 is 0 Å². The molecule has 1 aromatic carbocycles. The normalized spacial score (nSPS) is 28.3. The van der Waals surface area contributed by atoms with Crippen molar-refractivity contribution < 1.29 is 0 Å². The van der Waals surface area contributed by atoms with Crippen LogP contribution in [0.3, 0.4) is 0 Å². The van der Waals surface area contributed by atoms with Crippen molar-refractivity contribution in [3.05, 3.63) is 23.8 Å². The van der Waals surface area contributed by atoms with Gasteiger partial charge in [-0.2, -0.15) is 0 Å². The second-order valence-corrected chi connectivity index (χ2v) is 6.60. The Hall–Kier alpha value is -0.670. The van der Waals surface area contributed by atoms with Crippen LogP contribution in [0.5, 0.6) is 0 Å². The van der Waals surface area contributed by atoms with Crippen molar-refractivity contribution in [2.24, 2.45) is 0 Å². The molecule has 0 aliphatic carbocycles. The zero-order chi connectivity index (χ0) is 13.4. The molecule has 0 saturated carbocycles. The topological polar surface area (TPSA) is 6.48 Å². The first-order valence-corrected chi connectivity index (χ1v) is 8.54. The average molecular weight is 276 g/mol. The van der Waals surface area contributed by atoms with Crippen LogP contribution in [0.1, 0.15) is 31.7 Å². The second-order valence-electron chi connectivity index (χ2n) is 5.46. The Bertz CT molecular complexity index is 460. The average Bonchev–Trinajstić information content (AvgIpc) is 2.78. The molecule has 1 saturated heterocycles. The van der Waals surface area contributed by atoms with Crippen LogP contribution in [-0.4, -0.2) is 43.4 Å². The molecule has 2 unspecified atom stereocenters. The van der Waals surface area contributed by atoms with E-state index in [0.29, 0.717) is 0 Å². The van der Waals surface area contributed by atoms with Gasteiger partial charge in [-0.05, 0) is 31.6 Å². The second kappa shape index (κ2) is 5.37. The van der Waals surface area contributed by atoms with E-state index in [0.717, 1.165) is 12.0 Å². The molecule has 1 aromatic rings. The number of para-hydroxylation sites is 1. The van der Waals surface area contributed by atoms with E-state index in [2.05, 4.69) is 35.0 Å². The minimum absolute atomic E-state index is 0.752. The summed E-state index contributed by atoms with van der Waals surface area (Å²) in [7, 11) is 2.26. The maximum Gasteiger partial charge on any atom is 0.0544 e. The highest BCUT2D eigenvalue weighted by atomic mass is 32.2. The first-order valence-electron chi connectivity index (χ1n) is 7.55. The van der Waals surface area contributed by atoms with Gasteiger partial charge in [0.15, 0.2) is 0 Å². The van der Waals surface area contributed by atoms with Crippen LogP contribution < -0.4 is 4.90 Å². The van der Waals surface area contributed by atoms with E-state index in [4.69, 9.17) is 0 Å². The van der Waals surface area contributed by atoms with Gasteiger partial charge >= 0.3 is 0 Å². The van der Waals surface area contributed by atoms with Crippen LogP contribution in [-0.2, 0) is 0 Å². The van der Waals surface area contributed by atoms with Crippen molar-refractivity contribution in [1.82, 2.24) is 4.90 Å². The molecule has 19 heavy (non-hydrogen) atoms. The van der Waals surface area contributed by atoms with Crippen molar-refractivity contribution >= 4 is 17.4 Å². The predicted molar refractivity (Wildman–Crippen MR) is 84.5 cm³/mol. The molecule has 4 rings (SSSR count). The molecule has 0 radical (unpaired) electrons. The lowest BCUT2D eigenvalue weighted by Gasteiger charge is -2.38. The molecule has 0 bridgehead atoms. The van der Waals surface area contributed by atoms with Crippen LogP contribution in [0.15, 0.2) is 23.1 Å². The quantitative estimate of drug-likeness (QED) is 0.717. The van der Waals surface area contributed by atoms with Crippen molar-refractivity contribution in [3.8, 4) is 0 Å². The fraction of sp³-hybridized carbons (Fsp3) is 0.625. The number of anilines is 1. The van der Waals surface area contributed by atoms with Gasteiger partial charge in [0.05, 0.1) is 5.69 Å². The Labute approximate surface area is 121 Å². The van der Waals surface area contributed by atoms with Gasteiger partial charge in [0.2, 0.25) is 0 Å². The molecule has 3 heterocycles. The number of rotatable bonds is 0. The molecule has 3 aliphatic heterocycles. The van der Waals surface area contributed by atoms with Crippen molar-refractivity contribution in [3.63, 3.8) is 0 Å². The fourth-order valence-corrected chi connectivity index (χ4v) is 4.80. The van der Waals surface area contributed by atoms with Crippen LogP contribution in [0.4, 0.5) is 5.69 Å². The van der Waals surface area contributed by atoms with Crippen LogP contribution in [0.25, 0.3) is 0 Å². The van der Waals surface area contributed by atoms with E-state index in [9.17, 15) is 0 Å². The highest BCUT2D eigenvalue weighted by molar-refractivity contribution is 7.99. The molecule has 1 fully saturated rings. The smallest absolute Gasteiger partial charge is 0.0544 e.